The zero-order valence-corrected chi connectivity index (χ0v) is 16.1. The number of rotatable bonds is 7. The van der Waals surface area contributed by atoms with E-state index < -0.39 is 0 Å². The van der Waals surface area contributed by atoms with Gasteiger partial charge < -0.3 is 9.88 Å². The van der Waals surface area contributed by atoms with E-state index in [0.717, 1.165) is 24.5 Å². The average molecular weight is 362 g/mol. The Morgan fingerprint density at radius 1 is 1.11 bits per heavy atom. The summed E-state index contributed by atoms with van der Waals surface area (Å²) in [6, 6.07) is 16.0. The first-order valence-corrected chi connectivity index (χ1v) is 9.29. The first kappa shape index (κ1) is 18.9. The Hall–Kier alpha value is -2.92. The molecule has 0 bridgehead atoms. The van der Waals surface area contributed by atoms with Crippen molar-refractivity contribution in [1.82, 2.24) is 14.5 Å². The van der Waals surface area contributed by atoms with Gasteiger partial charge in [-0.25, -0.2) is 4.98 Å². The van der Waals surface area contributed by atoms with Crippen LogP contribution >= 0.6 is 0 Å². The molecule has 1 amide bonds. The number of anilines is 1. The van der Waals surface area contributed by atoms with Crippen LogP contribution in [0.5, 0.6) is 0 Å². The normalized spacial score (nSPS) is 11.1. The highest BCUT2D eigenvalue weighted by molar-refractivity contribution is 6.04. The molecule has 0 unspecified atom stereocenters. The van der Waals surface area contributed by atoms with Gasteiger partial charge in [-0.15, -0.1) is 0 Å². The molecule has 2 aromatic carbocycles. The van der Waals surface area contributed by atoms with E-state index in [0.29, 0.717) is 11.6 Å². The molecule has 1 aromatic heterocycles. The number of hydrogen-bond donors (Lipinski definition) is 1. The Bertz CT molecular complexity index is 852. The van der Waals surface area contributed by atoms with Crippen LogP contribution in [-0.4, -0.2) is 32.9 Å². The molecule has 0 atom stereocenters. The third kappa shape index (κ3) is 4.83. The maximum absolute atomic E-state index is 12.5. The van der Waals surface area contributed by atoms with Crippen LogP contribution in [0.3, 0.4) is 0 Å². The minimum atomic E-state index is -0.104. The fourth-order valence-electron chi connectivity index (χ4n) is 2.99. The van der Waals surface area contributed by atoms with Crippen molar-refractivity contribution in [3.05, 3.63) is 78.4 Å². The predicted octanol–water partition coefficient (Wildman–Crippen LogP) is 4.35. The van der Waals surface area contributed by atoms with Gasteiger partial charge in [0.2, 0.25) is 0 Å². The van der Waals surface area contributed by atoms with Crippen LogP contribution in [0.2, 0.25) is 0 Å². The molecule has 5 nitrogen and oxygen atoms in total. The molecule has 0 aliphatic carbocycles. The van der Waals surface area contributed by atoms with Crippen LogP contribution in [0.1, 0.15) is 36.7 Å². The molecule has 3 aromatic rings. The number of benzene rings is 2. The summed E-state index contributed by atoms with van der Waals surface area (Å²) in [5.41, 5.74) is 3.64. The molecule has 3 rings (SSSR count). The van der Waals surface area contributed by atoms with Crippen LogP contribution < -0.4 is 5.32 Å². The number of hydrogen-bond acceptors (Lipinski definition) is 3. The molecule has 1 N–H and O–H groups in total. The van der Waals surface area contributed by atoms with E-state index in [2.05, 4.69) is 36.0 Å². The average Bonchev–Trinajstić information content (AvgIpc) is 3.21. The number of aromatic nitrogens is 2. The maximum atomic E-state index is 12.5. The highest BCUT2D eigenvalue weighted by Gasteiger charge is 2.10. The number of imidazole rings is 1. The molecular formula is C22H26N4O. The summed E-state index contributed by atoms with van der Waals surface area (Å²) in [5.74, 6) is -0.104. The summed E-state index contributed by atoms with van der Waals surface area (Å²) in [5, 5.41) is 2.95. The number of carbonyl (C=O) groups excluding carboxylic acids is 1. The summed E-state index contributed by atoms with van der Waals surface area (Å²) in [6.07, 6.45) is 5.36. The lowest BCUT2D eigenvalue weighted by Gasteiger charge is -2.24. The van der Waals surface area contributed by atoms with Gasteiger partial charge in [-0.3, -0.25) is 9.69 Å². The second-order valence-electron chi connectivity index (χ2n) is 6.82. The largest absolute Gasteiger partial charge is 0.322 e. The third-order valence-electron chi connectivity index (χ3n) is 4.67. The van der Waals surface area contributed by atoms with Crippen molar-refractivity contribution in [2.24, 2.45) is 0 Å². The van der Waals surface area contributed by atoms with Crippen LogP contribution in [-0.2, 0) is 6.54 Å². The molecule has 0 saturated carbocycles. The first-order valence-electron chi connectivity index (χ1n) is 9.29. The topological polar surface area (TPSA) is 50.2 Å². The quantitative estimate of drug-likeness (QED) is 0.680. The van der Waals surface area contributed by atoms with Gasteiger partial charge in [0.1, 0.15) is 0 Å². The summed E-state index contributed by atoms with van der Waals surface area (Å²) >= 11 is 0. The Labute approximate surface area is 160 Å². The van der Waals surface area contributed by atoms with E-state index in [1.165, 1.54) is 5.56 Å². The van der Waals surface area contributed by atoms with Gasteiger partial charge in [-0.05, 0) is 62.4 Å². The van der Waals surface area contributed by atoms with E-state index in [4.69, 9.17) is 0 Å². The van der Waals surface area contributed by atoms with Gasteiger partial charge in [0, 0.05) is 41.9 Å². The molecule has 0 fully saturated rings. The number of amides is 1. The van der Waals surface area contributed by atoms with Crippen molar-refractivity contribution in [3.8, 4) is 5.69 Å². The molecule has 0 aliphatic rings. The zero-order valence-electron chi connectivity index (χ0n) is 16.1. The summed E-state index contributed by atoms with van der Waals surface area (Å²) < 4.78 is 1.92. The van der Waals surface area contributed by atoms with Crippen molar-refractivity contribution in [1.29, 1.82) is 0 Å². The van der Waals surface area contributed by atoms with Gasteiger partial charge in [0.15, 0.2) is 0 Å². The summed E-state index contributed by atoms with van der Waals surface area (Å²) in [6.45, 7) is 8.47. The lowest BCUT2D eigenvalue weighted by Crippen LogP contribution is -2.29. The van der Waals surface area contributed by atoms with E-state index in [1.807, 2.05) is 59.3 Å². The first-order chi connectivity index (χ1) is 13.1. The number of carbonyl (C=O) groups is 1. The smallest absolute Gasteiger partial charge is 0.255 e. The van der Waals surface area contributed by atoms with Crippen molar-refractivity contribution >= 4 is 11.6 Å². The van der Waals surface area contributed by atoms with E-state index in [-0.39, 0.29) is 5.91 Å². The standard InChI is InChI=1S/C22H26N4O/c1-4-25(17(2)3)15-18-5-7-19(8-6-18)22(27)24-20-9-11-21(12-10-20)26-14-13-23-16-26/h5-14,16-17H,4,15H2,1-3H3,(H,24,27). The van der Waals surface area contributed by atoms with Gasteiger partial charge >= 0.3 is 0 Å². The Morgan fingerprint density at radius 3 is 2.37 bits per heavy atom. The fraction of sp³-hybridized carbons (Fsp3) is 0.273. The SMILES string of the molecule is CCN(Cc1ccc(C(=O)Nc2ccc(-n3ccnc3)cc2)cc1)C(C)C. The van der Waals surface area contributed by atoms with Gasteiger partial charge in [-0.1, -0.05) is 19.1 Å². The Kier molecular flexibility index (Phi) is 6.04. The lowest BCUT2D eigenvalue weighted by atomic mass is 10.1. The van der Waals surface area contributed by atoms with Gasteiger partial charge in [0.25, 0.3) is 5.91 Å². The highest BCUT2D eigenvalue weighted by Crippen LogP contribution is 2.15. The second-order valence-corrected chi connectivity index (χ2v) is 6.82. The molecule has 27 heavy (non-hydrogen) atoms. The maximum Gasteiger partial charge on any atom is 0.255 e. The van der Waals surface area contributed by atoms with Gasteiger partial charge in [0.05, 0.1) is 6.33 Å². The minimum Gasteiger partial charge on any atom is -0.322 e. The minimum absolute atomic E-state index is 0.104. The van der Waals surface area contributed by atoms with Crippen LogP contribution in [0, 0.1) is 0 Å². The van der Waals surface area contributed by atoms with Crippen molar-refractivity contribution < 1.29 is 4.79 Å². The predicted molar refractivity (Wildman–Crippen MR) is 109 cm³/mol. The van der Waals surface area contributed by atoms with Crippen molar-refractivity contribution in [2.75, 3.05) is 11.9 Å². The third-order valence-corrected chi connectivity index (χ3v) is 4.67. The highest BCUT2D eigenvalue weighted by atomic mass is 16.1. The number of nitrogens with one attached hydrogen (secondary N) is 1. The van der Waals surface area contributed by atoms with Crippen LogP contribution in [0.15, 0.2) is 67.3 Å². The molecule has 0 saturated heterocycles. The Balaban J connectivity index is 1.62. The molecule has 0 aliphatic heterocycles. The zero-order chi connectivity index (χ0) is 19.2. The fourth-order valence-corrected chi connectivity index (χ4v) is 2.99. The summed E-state index contributed by atoms with van der Waals surface area (Å²) in [7, 11) is 0. The van der Waals surface area contributed by atoms with Crippen molar-refractivity contribution in [3.63, 3.8) is 0 Å². The molecule has 0 spiro atoms. The van der Waals surface area contributed by atoms with Crippen LogP contribution in [0.25, 0.3) is 5.69 Å². The second kappa shape index (κ2) is 8.64. The lowest BCUT2D eigenvalue weighted by molar-refractivity contribution is 0.102. The molecular weight excluding hydrogens is 336 g/mol. The van der Waals surface area contributed by atoms with Crippen molar-refractivity contribution in [2.45, 2.75) is 33.4 Å². The summed E-state index contributed by atoms with van der Waals surface area (Å²) in [4.78, 5) is 18.9. The monoisotopic (exact) mass is 362 g/mol. The molecule has 1 heterocycles. The molecule has 0 radical (unpaired) electrons. The van der Waals surface area contributed by atoms with Gasteiger partial charge in [-0.2, -0.15) is 0 Å². The molecule has 5 heteroatoms. The Morgan fingerprint density at radius 2 is 1.81 bits per heavy atom. The van der Waals surface area contributed by atoms with E-state index in [1.54, 1.807) is 12.5 Å². The molecule has 140 valence electrons. The van der Waals surface area contributed by atoms with E-state index in [9.17, 15) is 4.79 Å². The van der Waals surface area contributed by atoms with E-state index >= 15 is 0 Å². The number of nitrogens with zero attached hydrogens (tertiary/aromatic N) is 3. The van der Waals surface area contributed by atoms with Crippen LogP contribution in [0.4, 0.5) is 5.69 Å².